The third-order valence-electron chi connectivity index (χ3n) is 8.55. The molecule has 2 fully saturated rings. The van der Waals surface area contributed by atoms with Crippen molar-refractivity contribution in [2.45, 2.75) is 79.1 Å². The molecule has 0 radical (unpaired) electrons. The lowest BCUT2D eigenvalue weighted by atomic mass is 9.93. The summed E-state index contributed by atoms with van der Waals surface area (Å²) in [5.41, 5.74) is 5.13. The van der Waals surface area contributed by atoms with E-state index in [0.29, 0.717) is 11.9 Å². The van der Waals surface area contributed by atoms with Crippen molar-refractivity contribution in [3.8, 4) is 0 Å². The fourth-order valence-electron chi connectivity index (χ4n) is 6.44. The predicted octanol–water partition coefficient (Wildman–Crippen LogP) is 3.04. The highest BCUT2D eigenvalue weighted by molar-refractivity contribution is 5.97. The van der Waals surface area contributed by atoms with Crippen LogP contribution in [0.3, 0.4) is 0 Å². The summed E-state index contributed by atoms with van der Waals surface area (Å²) in [7, 11) is 0. The Morgan fingerprint density at radius 2 is 1.85 bits per heavy atom. The Morgan fingerprint density at radius 1 is 1.20 bits per heavy atom. The average Bonchev–Trinajstić information content (AvgIpc) is 3.21. The van der Waals surface area contributed by atoms with Crippen LogP contribution in [0.5, 0.6) is 0 Å². The van der Waals surface area contributed by atoms with Gasteiger partial charge in [0.05, 0.1) is 12.8 Å². The number of carbonyl (C=O) groups is 4. The SMILES string of the molecule is CCOC(=O)N([C@H](C(=O)N1C[C@H]2[C@@H]([C@H]1C(=O)NC(C(N)=O)c1nncc3ccccc13)C2(C)C)C(C)C)C(C)(C)C. The van der Waals surface area contributed by atoms with Gasteiger partial charge in [0.15, 0.2) is 6.04 Å². The molecule has 1 aromatic carbocycles. The molecule has 2 heterocycles. The molecule has 222 valence electrons. The van der Waals surface area contributed by atoms with Crippen LogP contribution in [0.15, 0.2) is 30.5 Å². The summed E-state index contributed by atoms with van der Waals surface area (Å²) in [5.74, 6) is -1.87. The lowest BCUT2D eigenvalue weighted by molar-refractivity contribution is -0.147. The molecule has 4 rings (SSSR count). The van der Waals surface area contributed by atoms with E-state index in [9.17, 15) is 19.2 Å². The maximum atomic E-state index is 14.3. The molecule has 11 nitrogen and oxygen atoms in total. The van der Waals surface area contributed by atoms with Crippen molar-refractivity contribution in [2.75, 3.05) is 13.2 Å². The molecule has 1 saturated heterocycles. The molecule has 1 aromatic heterocycles. The Hall–Kier alpha value is -3.76. The van der Waals surface area contributed by atoms with E-state index in [1.807, 2.05) is 46.8 Å². The van der Waals surface area contributed by atoms with Crippen molar-refractivity contribution >= 4 is 34.6 Å². The summed E-state index contributed by atoms with van der Waals surface area (Å²) >= 11 is 0. The molecule has 4 amide bonds. The quantitative estimate of drug-likeness (QED) is 0.499. The van der Waals surface area contributed by atoms with E-state index in [2.05, 4.69) is 29.4 Å². The van der Waals surface area contributed by atoms with E-state index in [1.54, 1.807) is 30.2 Å². The summed E-state index contributed by atoms with van der Waals surface area (Å²) in [5, 5.41) is 12.4. The summed E-state index contributed by atoms with van der Waals surface area (Å²) in [6.07, 6.45) is 0.991. The number of nitrogens with zero attached hydrogens (tertiary/aromatic N) is 4. The van der Waals surface area contributed by atoms with Crippen LogP contribution in [-0.4, -0.2) is 74.6 Å². The average molecular weight is 567 g/mol. The normalized spacial score (nSPS) is 22.6. The van der Waals surface area contributed by atoms with Crippen LogP contribution < -0.4 is 11.1 Å². The minimum absolute atomic E-state index is 0.102. The predicted molar refractivity (Wildman–Crippen MR) is 153 cm³/mol. The number of likely N-dealkylation sites (tertiary alicyclic amines) is 1. The van der Waals surface area contributed by atoms with E-state index in [1.165, 1.54) is 4.90 Å². The highest BCUT2D eigenvalue weighted by atomic mass is 16.6. The summed E-state index contributed by atoms with van der Waals surface area (Å²) < 4.78 is 5.35. The van der Waals surface area contributed by atoms with Crippen LogP contribution in [0, 0.1) is 23.2 Å². The van der Waals surface area contributed by atoms with Gasteiger partial charge in [-0.3, -0.25) is 19.3 Å². The largest absolute Gasteiger partial charge is 0.450 e. The van der Waals surface area contributed by atoms with E-state index >= 15 is 0 Å². The number of primary amides is 1. The fourth-order valence-corrected chi connectivity index (χ4v) is 6.44. The van der Waals surface area contributed by atoms with Gasteiger partial charge in [-0.2, -0.15) is 10.2 Å². The zero-order valence-electron chi connectivity index (χ0n) is 25.2. The number of ether oxygens (including phenoxy) is 1. The Morgan fingerprint density at radius 3 is 2.44 bits per heavy atom. The van der Waals surface area contributed by atoms with Crippen molar-refractivity contribution in [1.29, 1.82) is 0 Å². The van der Waals surface area contributed by atoms with Crippen LogP contribution in [0.1, 0.15) is 67.1 Å². The number of nitrogens with one attached hydrogen (secondary N) is 1. The first-order chi connectivity index (χ1) is 19.1. The topological polar surface area (TPSA) is 148 Å². The monoisotopic (exact) mass is 566 g/mol. The zero-order valence-corrected chi connectivity index (χ0v) is 25.2. The lowest BCUT2D eigenvalue weighted by Gasteiger charge is -2.44. The third kappa shape index (κ3) is 5.46. The molecular formula is C30H42N6O5. The first-order valence-electron chi connectivity index (χ1n) is 14.2. The van der Waals surface area contributed by atoms with Crippen molar-refractivity contribution in [3.63, 3.8) is 0 Å². The second kappa shape index (κ2) is 10.9. The highest BCUT2D eigenvalue weighted by Gasteiger charge is 2.70. The number of nitrogens with two attached hydrogens (primary N) is 1. The molecule has 11 heteroatoms. The molecule has 41 heavy (non-hydrogen) atoms. The molecule has 1 unspecified atom stereocenters. The van der Waals surface area contributed by atoms with Gasteiger partial charge in [-0.15, -0.1) is 0 Å². The molecule has 1 aliphatic carbocycles. The zero-order chi connectivity index (χ0) is 30.4. The van der Waals surface area contributed by atoms with E-state index in [-0.39, 0.29) is 41.4 Å². The first-order valence-corrected chi connectivity index (χ1v) is 14.2. The number of amides is 4. The molecule has 2 aromatic rings. The Bertz CT molecular complexity index is 1350. The van der Waals surface area contributed by atoms with Gasteiger partial charge in [-0.25, -0.2) is 4.79 Å². The van der Waals surface area contributed by atoms with Crippen LogP contribution >= 0.6 is 0 Å². The van der Waals surface area contributed by atoms with Crippen LogP contribution in [0.4, 0.5) is 4.79 Å². The van der Waals surface area contributed by atoms with Gasteiger partial charge < -0.3 is 20.7 Å². The van der Waals surface area contributed by atoms with Gasteiger partial charge in [0, 0.05) is 22.9 Å². The maximum Gasteiger partial charge on any atom is 0.410 e. The lowest BCUT2D eigenvalue weighted by Crippen LogP contribution is -2.62. The Balaban J connectivity index is 1.69. The Labute approximate surface area is 241 Å². The number of rotatable bonds is 8. The van der Waals surface area contributed by atoms with E-state index < -0.39 is 41.6 Å². The number of fused-ring (bicyclic) bond motifs is 2. The molecule has 1 saturated carbocycles. The number of hydrogen-bond donors (Lipinski definition) is 2. The molecular weight excluding hydrogens is 524 g/mol. The van der Waals surface area contributed by atoms with Crippen molar-refractivity contribution in [2.24, 2.45) is 28.9 Å². The van der Waals surface area contributed by atoms with Crippen LogP contribution in [0.25, 0.3) is 10.8 Å². The van der Waals surface area contributed by atoms with Gasteiger partial charge in [-0.05, 0) is 50.9 Å². The number of benzene rings is 1. The summed E-state index contributed by atoms with van der Waals surface area (Å²) in [4.78, 5) is 57.2. The van der Waals surface area contributed by atoms with Crippen molar-refractivity contribution < 1.29 is 23.9 Å². The van der Waals surface area contributed by atoms with Crippen LogP contribution in [-0.2, 0) is 19.1 Å². The number of hydrogen-bond acceptors (Lipinski definition) is 7. The molecule has 3 N–H and O–H groups in total. The van der Waals surface area contributed by atoms with Gasteiger partial charge in [0.1, 0.15) is 17.8 Å². The number of piperidine rings is 1. The molecule has 5 atom stereocenters. The first kappa shape index (κ1) is 30.2. The standard InChI is InChI=1S/C30H42N6O5/c1-9-41-28(40)36(29(4,5)6)23(16(2)3)27(39)35-15-19-20(30(19,7)8)24(35)26(38)33-22(25(31)37)21-18-13-11-10-12-17(18)14-32-34-21/h10-14,16,19-20,22-24H,9,15H2,1-8H3,(H2,31,37)(H,33,38)/t19-,20-,22?,23-,24-/m0/s1. The summed E-state index contributed by atoms with van der Waals surface area (Å²) in [6, 6.07) is 4.31. The third-order valence-corrected chi connectivity index (χ3v) is 8.55. The van der Waals surface area contributed by atoms with E-state index in [0.717, 1.165) is 5.39 Å². The smallest absolute Gasteiger partial charge is 0.410 e. The molecule has 0 spiro atoms. The second-order valence-corrected chi connectivity index (χ2v) is 13.0. The maximum absolute atomic E-state index is 14.3. The molecule has 2 aliphatic rings. The highest BCUT2D eigenvalue weighted by Crippen LogP contribution is 2.65. The van der Waals surface area contributed by atoms with Crippen LogP contribution in [0.2, 0.25) is 0 Å². The van der Waals surface area contributed by atoms with Crippen molar-refractivity contribution in [3.05, 3.63) is 36.2 Å². The fraction of sp³-hybridized carbons (Fsp3) is 0.600. The van der Waals surface area contributed by atoms with Gasteiger partial charge in [0.2, 0.25) is 17.7 Å². The Kier molecular flexibility index (Phi) is 8.03. The minimum atomic E-state index is -1.24. The number of aromatic nitrogens is 2. The van der Waals surface area contributed by atoms with Gasteiger partial charge in [0.25, 0.3) is 0 Å². The van der Waals surface area contributed by atoms with Crippen molar-refractivity contribution in [1.82, 2.24) is 25.3 Å². The molecule has 1 aliphatic heterocycles. The van der Waals surface area contributed by atoms with E-state index in [4.69, 9.17) is 10.5 Å². The molecule has 0 bridgehead atoms. The second-order valence-electron chi connectivity index (χ2n) is 13.0. The summed E-state index contributed by atoms with van der Waals surface area (Å²) in [6.45, 7) is 15.7. The minimum Gasteiger partial charge on any atom is -0.450 e. The number of carbonyl (C=O) groups excluding carboxylic acids is 4. The van der Waals surface area contributed by atoms with Gasteiger partial charge in [-0.1, -0.05) is 52.0 Å². The van der Waals surface area contributed by atoms with Gasteiger partial charge >= 0.3 is 6.09 Å².